The SMILES string of the molecule is Cl.N#Cc1cc(C(F)(F)F)ccc1C1CCC(NCCN)CC1. The molecule has 0 aromatic heterocycles. The minimum Gasteiger partial charge on any atom is -0.329 e. The van der Waals surface area contributed by atoms with Gasteiger partial charge in [0.2, 0.25) is 0 Å². The topological polar surface area (TPSA) is 61.8 Å². The van der Waals surface area contributed by atoms with E-state index in [9.17, 15) is 13.2 Å². The summed E-state index contributed by atoms with van der Waals surface area (Å²) in [7, 11) is 0. The van der Waals surface area contributed by atoms with Crippen LogP contribution in [0.1, 0.15) is 48.3 Å². The molecule has 0 saturated heterocycles. The van der Waals surface area contributed by atoms with Crippen LogP contribution in [-0.2, 0) is 6.18 Å². The number of nitriles is 1. The van der Waals surface area contributed by atoms with Gasteiger partial charge < -0.3 is 11.1 Å². The second-order valence-electron chi connectivity index (χ2n) is 5.70. The van der Waals surface area contributed by atoms with Gasteiger partial charge in [-0.25, -0.2) is 0 Å². The Bertz CT molecular complexity index is 546. The molecule has 0 unspecified atom stereocenters. The van der Waals surface area contributed by atoms with Gasteiger partial charge in [0, 0.05) is 19.1 Å². The fraction of sp³-hybridized carbons (Fsp3) is 0.562. The molecule has 3 N–H and O–H groups in total. The summed E-state index contributed by atoms with van der Waals surface area (Å²) in [5, 5.41) is 12.5. The molecule has 0 aliphatic heterocycles. The molecular weight excluding hydrogens is 327 g/mol. The van der Waals surface area contributed by atoms with E-state index in [1.165, 1.54) is 6.07 Å². The van der Waals surface area contributed by atoms with Crippen LogP contribution in [0.25, 0.3) is 0 Å². The van der Waals surface area contributed by atoms with Crippen molar-refractivity contribution in [2.24, 2.45) is 5.73 Å². The Labute approximate surface area is 140 Å². The molecular formula is C16H21ClF3N3. The van der Waals surface area contributed by atoms with E-state index < -0.39 is 11.7 Å². The van der Waals surface area contributed by atoms with Gasteiger partial charge in [0.25, 0.3) is 0 Å². The van der Waals surface area contributed by atoms with Crippen LogP contribution in [0.2, 0.25) is 0 Å². The average molecular weight is 348 g/mol. The van der Waals surface area contributed by atoms with Gasteiger partial charge in [-0.2, -0.15) is 18.4 Å². The van der Waals surface area contributed by atoms with Crippen LogP contribution in [0.4, 0.5) is 13.2 Å². The van der Waals surface area contributed by atoms with Crippen molar-refractivity contribution < 1.29 is 13.2 Å². The van der Waals surface area contributed by atoms with Crippen molar-refractivity contribution in [1.29, 1.82) is 5.26 Å². The monoisotopic (exact) mass is 347 g/mol. The zero-order valence-electron chi connectivity index (χ0n) is 12.7. The van der Waals surface area contributed by atoms with E-state index in [1.54, 1.807) is 0 Å². The van der Waals surface area contributed by atoms with Crippen molar-refractivity contribution in [1.82, 2.24) is 5.32 Å². The molecule has 1 aliphatic rings. The quantitative estimate of drug-likeness (QED) is 0.875. The van der Waals surface area contributed by atoms with Crippen molar-refractivity contribution >= 4 is 12.4 Å². The Kier molecular flexibility index (Phi) is 7.33. The highest BCUT2D eigenvalue weighted by Crippen LogP contribution is 2.37. The highest BCUT2D eigenvalue weighted by molar-refractivity contribution is 5.85. The number of nitrogens with zero attached hydrogens (tertiary/aromatic N) is 1. The second kappa shape index (κ2) is 8.53. The first-order chi connectivity index (χ1) is 10.5. The third-order valence-corrected chi connectivity index (χ3v) is 4.25. The van der Waals surface area contributed by atoms with Crippen LogP contribution in [0.15, 0.2) is 18.2 Å². The number of nitrogens with one attached hydrogen (secondary N) is 1. The smallest absolute Gasteiger partial charge is 0.329 e. The minimum atomic E-state index is -4.41. The molecule has 3 nitrogen and oxygen atoms in total. The lowest BCUT2D eigenvalue weighted by Gasteiger charge is -2.30. The lowest BCUT2D eigenvalue weighted by Crippen LogP contribution is -2.36. The minimum absolute atomic E-state index is 0. The molecule has 0 amide bonds. The van der Waals surface area contributed by atoms with E-state index in [0.29, 0.717) is 12.6 Å². The number of hydrogen-bond acceptors (Lipinski definition) is 3. The van der Waals surface area contributed by atoms with E-state index in [-0.39, 0.29) is 23.9 Å². The number of halogens is 4. The zero-order valence-corrected chi connectivity index (χ0v) is 13.5. The predicted octanol–water partition coefficient (Wildman–Crippen LogP) is 3.57. The largest absolute Gasteiger partial charge is 0.416 e. The van der Waals surface area contributed by atoms with Gasteiger partial charge >= 0.3 is 6.18 Å². The first-order valence-electron chi connectivity index (χ1n) is 7.50. The molecule has 23 heavy (non-hydrogen) atoms. The number of nitrogens with two attached hydrogens (primary N) is 1. The lowest BCUT2D eigenvalue weighted by molar-refractivity contribution is -0.137. The molecule has 0 atom stereocenters. The van der Waals surface area contributed by atoms with E-state index in [0.717, 1.165) is 49.9 Å². The maximum absolute atomic E-state index is 12.7. The Morgan fingerprint density at radius 2 is 1.87 bits per heavy atom. The number of hydrogen-bond donors (Lipinski definition) is 2. The van der Waals surface area contributed by atoms with Crippen molar-refractivity contribution in [3.63, 3.8) is 0 Å². The summed E-state index contributed by atoms with van der Waals surface area (Å²) in [4.78, 5) is 0. The number of alkyl halides is 3. The molecule has 128 valence electrons. The van der Waals surface area contributed by atoms with E-state index in [4.69, 9.17) is 11.0 Å². The summed E-state index contributed by atoms with van der Waals surface area (Å²) in [6.07, 6.45) is -0.744. The summed E-state index contributed by atoms with van der Waals surface area (Å²) >= 11 is 0. The molecule has 2 rings (SSSR count). The molecule has 0 heterocycles. The van der Waals surface area contributed by atoms with Gasteiger partial charge in [-0.15, -0.1) is 12.4 Å². The molecule has 1 aliphatic carbocycles. The molecule has 1 aromatic rings. The van der Waals surface area contributed by atoms with Gasteiger partial charge in [-0.1, -0.05) is 6.07 Å². The summed E-state index contributed by atoms with van der Waals surface area (Å²) in [6.45, 7) is 1.37. The third-order valence-electron chi connectivity index (χ3n) is 4.25. The fourth-order valence-electron chi connectivity index (χ4n) is 3.08. The fourth-order valence-corrected chi connectivity index (χ4v) is 3.08. The van der Waals surface area contributed by atoms with Crippen molar-refractivity contribution in [2.75, 3.05) is 13.1 Å². The highest BCUT2D eigenvalue weighted by Gasteiger charge is 2.32. The van der Waals surface area contributed by atoms with Crippen LogP contribution in [-0.4, -0.2) is 19.1 Å². The van der Waals surface area contributed by atoms with Gasteiger partial charge in [0.1, 0.15) is 0 Å². The maximum atomic E-state index is 12.7. The van der Waals surface area contributed by atoms with E-state index >= 15 is 0 Å². The van der Waals surface area contributed by atoms with Gasteiger partial charge in [-0.3, -0.25) is 0 Å². The summed E-state index contributed by atoms with van der Waals surface area (Å²) in [6, 6.07) is 5.85. The maximum Gasteiger partial charge on any atom is 0.416 e. The third kappa shape index (κ3) is 5.10. The molecule has 0 bridgehead atoms. The average Bonchev–Trinajstić information content (AvgIpc) is 2.52. The van der Waals surface area contributed by atoms with E-state index in [1.807, 2.05) is 6.07 Å². The summed E-state index contributed by atoms with van der Waals surface area (Å²) in [5.74, 6) is 0.160. The Morgan fingerprint density at radius 1 is 1.22 bits per heavy atom. The first kappa shape index (κ1) is 19.8. The van der Waals surface area contributed by atoms with Crippen LogP contribution in [0.5, 0.6) is 0 Å². The Morgan fingerprint density at radius 3 is 2.39 bits per heavy atom. The van der Waals surface area contributed by atoms with Gasteiger partial charge in [-0.05, 0) is 49.3 Å². The van der Waals surface area contributed by atoms with Crippen molar-refractivity contribution in [3.05, 3.63) is 34.9 Å². The number of rotatable bonds is 4. The normalized spacial score (nSPS) is 21.3. The molecule has 7 heteroatoms. The zero-order chi connectivity index (χ0) is 16.2. The van der Waals surface area contributed by atoms with E-state index in [2.05, 4.69) is 5.32 Å². The molecule has 0 radical (unpaired) electrons. The second-order valence-corrected chi connectivity index (χ2v) is 5.70. The van der Waals surface area contributed by atoms with Crippen LogP contribution >= 0.6 is 12.4 Å². The van der Waals surface area contributed by atoms with Crippen LogP contribution in [0.3, 0.4) is 0 Å². The predicted molar refractivity (Wildman–Crippen MR) is 85.5 cm³/mol. The molecule has 1 aromatic carbocycles. The molecule has 1 saturated carbocycles. The van der Waals surface area contributed by atoms with Crippen molar-refractivity contribution in [2.45, 2.75) is 43.8 Å². The molecule has 0 spiro atoms. The first-order valence-corrected chi connectivity index (χ1v) is 7.50. The summed E-state index contributed by atoms with van der Waals surface area (Å²) in [5.41, 5.74) is 5.59. The Hall–Kier alpha value is -1.29. The summed E-state index contributed by atoms with van der Waals surface area (Å²) < 4.78 is 38.2. The van der Waals surface area contributed by atoms with Gasteiger partial charge in [0.15, 0.2) is 0 Å². The van der Waals surface area contributed by atoms with Gasteiger partial charge in [0.05, 0.1) is 17.2 Å². The van der Waals surface area contributed by atoms with Crippen LogP contribution < -0.4 is 11.1 Å². The standard InChI is InChI=1S/C16H20F3N3.ClH/c17-16(18,19)13-3-6-15(12(9-13)10-21)11-1-4-14(5-2-11)22-8-7-20;/h3,6,9,11,14,22H,1-2,4-5,7-8,20H2;1H. The van der Waals surface area contributed by atoms with Crippen LogP contribution in [0, 0.1) is 11.3 Å². The molecule has 1 fully saturated rings. The number of benzene rings is 1. The highest BCUT2D eigenvalue weighted by atomic mass is 35.5. The lowest BCUT2D eigenvalue weighted by atomic mass is 9.80. The van der Waals surface area contributed by atoms with Crippen molar-refractivity contribution in [3.8, 4) is 6.07 Å². The Balaban J connectivity index is 0.00000264.